The number of ether oxygens (including phenoxy) is 1. The van der Waals surface area contributed by atoms with Crippen molar-refractivity contribution in [2.45, 2.75) is 71.8 Å². The van der Waals surface area contributed by atoms with E-state index in [1.54, 1.807) is 0 Å². The van der Waals surface area contributed by atoms with Gasteiger partial charge in [0, 0.05) is 5.41 Å². The van der Waals surface area contributed by atoms with E-state index in [4.69, 9.17) is 4.74 Å². The van der Waals surface area contributed by atoms with E-state index >= 15 is 0 Å². The van der Waals surface area contributed by atoms with Gasteiger partial charge in [0.05, 0.1) is 18.6 Å². The van der Waals surface area contributed by atoms with E-state index in [0.717, 1.165) is 44.9 Å². The van der Waals surface area contributed by atoms with Crippen LogP contribution in [0, 0.1) is 22.2 Å². The van der Waals surface area contributed by atoms with Crippen molar-refractivity contribution in [3.63, 3.8) is 0 Å². The Kier molecular flexibility index (Phi) is 4.23. The molecule has 3 heteroatoms. The highest BCUT2D eigenvalue weighted by molar-refractivity contribution is 5.81. The number of rotatable bonds is 2. The Bertz CT molecular complexity index is 592. The zero-order valence-corrected chi connectivity index (χ0v) is 15.7. The second-order valence-electron chi connectivity index (χ2n) is 8.85. The summed E-state index contributed by atoms with van der Waals surface area (Å²) in [5.74, 6) is 0.164. The molecule has 0 unspecified atom stereocenters. The molecule has 0 saturated heterocycles. The van der Waals surface area contributed by atoms with Gasteiger partial charge in [-0.3, -0.25) is 4.79 Å². The standard InChI is InChI=1S/C21H32O3/c1-6-19(2)12-13-20(3)14-8-7-11-21(4,18(23)24-5)15(14)9-10-16(20)17(19)22/h6,16-17,22H,1,7-13H2,2-5H3/t16-,17-,19-,20-,21+/m0/s1. The molecule has 3 aliphatic carbocycles. The molecule has 3 rings (SSSR count). The molecule has 0 amide bonds. The van der Waals surface area contributed by atoms with Gasteiger partial charge in [0.2, 0.25) is 0 Å². The van der Waals surface area contributed by atoms with Crippen LogP contribution in [0.5, 0.6) is 0 Å². The van der Waals surface area contributed by atoms with Crippen LogP contribution in [0.1, 0.15) is 65.7 Å². The molecule has 0 radical (unpaired) electrons. The molecule has 1 fully saturated rings. The van der Waals surface area contributed by atoms with Gasteiger partial charge in [-0.15, -0.1) is 6.58 Å². The lowest BCUT2D eigenvalue weighted by atomic mass is 9.48. The van der Waals surface area contributed by atoms with E-state index in [9.17, 15) is 9.90 Å². The third-order valence-corrected chi connectivity index (χ3v) is 7.69. The maximum Gasteiger partial charge on any atom is 0.315 e. The lowest BCUT2D eigenvalue weighted by molar-refractivity contribution is -0.151. The SMILES string of the molecule is C=C[C@@]1(C)CC[C@@]2(C)C3=C(CC[C@H]2[C@@H]1O)[C@](C)(C(=O)OC)CCC3. The summed E-state index contributed by atoms with van der Waals surface area (Å²) in [6.45, 7) is 10.5. The molecular weight excluding hydrogens is 300 g/mol. The van der Waals surface area contributed by atoms with E-state index in [-0.39, 0.29) is 28.8 Å². The Labute approximate surface area is 146 Å². The highest BCUT2D eigenvalue weighted by atomic mass is 16.5. The number of fused-ring (bicyclic) bond motifs is 2. The summed E-state index contributed by atoms with van der Waals surface area (Å²) < 4.78 is 5.15. The first-order chi connectivity index (χ1) is 11.2. The zero-order valence-electron chi connectivity index (χ0n) is 15.7. The Balaban J connectivity index is 2.05. The van der Waals surface area contributed by atoms with Crippen molar-refractivity contribution in [3.8, 4) is 0 Å². The largest absolute Gasteiger partial charge is 0.468 e. The van der Waals surface area contributed by atoms with Gasteiger partial charge in [-0.05, 0) is 63.2 Å². The zero-order chi connectivity index (χ0) is 17.8. The van der Waals surface area contributed by atoms with Gasteiger partial charge in [0.25, 0.3) is 0 Å². The molecule has 0 spiro atoms. The molecule has 24 heavy (non-hydrogen) atoms. The summed E-state index contributed by atoms with van der Waals surface area (Å²) in [5, 5.41) is 11.1. The lowest BCUT2D eigenvalue weighted by Gasteiger charge is -2.57. The number of allylic oxidation sites excluding steroid dienone is 1. The molecule has 0 aromatic rings. The number of aliphatic hydroxyl groups excluding tert-OH is 1. The number of esters is 1. The van der Waals surface area contributed by atoms with Gasteiger partial charge in [0.15, 0.2) is 0 Å². The Morgan fingerprint density at radius 1 is 1.21 bits per heavy atom. The first kappa shape index (κ1) is 17.7. The van der Waals surface area contributed by atoms with Crippen LogP contribution in [0.4, 0.5) is 0 Å². The summed E-state index contributed by atoms with van der Waals surface area (Å²) in [7, 11) is 1.50. The first-order valence-corrected chi connectivity index (χ1v) is 9.36. The molecule has 0 aliphatic heterocycles. The van der Waals surface area contributed by atoms with Gasteiger partial charge in [-0.2, -0.15) is 0 Å². The van der Waals surface area contributed by atoms with Crippen molar-refractivity contribution in [2.75, 3.05) is 7.11 Å². The Hall–Kier alpha value is -1.09. The van der Waals surface area contributed by atoms with Crippen LogP contribution in [-0.4, -0.2) is 24.3 Å². The maximum absolute atomic E-state index is 12.5. The second kappa shape index (κ2) is 5.72. The Morgan fingerprint density at radius 2 is 1.92 bits per heavy atom. The van der Waals surface area contributed by atoms with E-state index in [2.05, 4.69) is 27.4 Å². The van der Waals surface area contributed by atoms with Crippen LogP contribution in [0.2, 0.25) is 0 Å². The normalized spacial score (nSPS) is 45.2. The van der Waals surface area contributed by atoms with Gasteiger partial charge in [-0.1, -0.05) is 31.1 Å². The quantitative estimate of drug-likeness (QED) is 0.602. The average Bonchev–Trinajstić information content (AvgIpc) is 2.58. The molecule has 5 atom stereocenters. The minimum atomic E-state index is -0.472. The number of aliphatic hydroxyl groups is 1. The van der Waals surface area contributed by atoms with Crippen molar-refractivity contribution in [3.05, 3.63) is 23.8 Å². The smallest absolute Gasteiger partial charge is 0.315 e. The monoisotopic (exact) mass is 332 g/mol. The highest BCUT2D eigenvalue weighted by Crippen LogP contribution is 2.62. The van der Waals surface area contributed by atoms with Gasteiger partial charge >= 0.3 is 5.97 Å². The second-order valence-corrected chi connectivity index (χ2v) is 8.85. The number of hydrogen-bond acceptors (Lipinski definition) is 3. The predicted octanol–water partition coefficient (Wildman–Crippen LogP) is 4.41. The summed E-state index contributed by atoms with van der Waals surface area (Å²) in [5.41, 5.74) is 2.10. The van der Waals surface area contributed by atoms with Crippen molar-refractivity contribution >= 4 is 5.97 Å². The van der Waals surface area contributed by atoms with E-state index in [1.807, 2.05) is 6.08 Å². The van der Waals surface area contributed by atoms with Gasteiger partial charge < -0.3 is 9.84 Å². The predicted molar refractivity (Wildman–Crippen MR) is 95.4 cm³/mol. The number of hydrogen-bond donors (Lipinski definition) is 1. The molecule has 134 valence electrons. The summed E-state index contributed by atoms with van der Waals surface area (Å²) >= 11 is 0. The minimum absolute atomic E-state index is 0.00518. The van der Waals surface area contributed by atoms with Crippen LogP contribution in [0.3, 0.4) is 0 Å². The van der Waals surface area contributed by atoms with Crippen LogP contribution < -0.4 is 0 Å². The molecule has 0 aromatic heterocycles. The summed E-state index contributed by atoms with van der Waals surface area (Å²) in [6.07, 6.45) is 8.44. The van der Waals surface area contributed by atoms with Gasteiger partial charge in [0.1, 0.15) is 0 Å². The van der Waals surface area contributed by atoms with Crippen molar-refractivity contribution in [2.24, 2.45) is 22.2 Å². The third kappa shape index (κ3) is 2.23. The molecule has 0 bridgehead atoms. The molecule has 1 N–H and O–H groups in total. The van der Waals surface area contributed by atoms with Gasteiger partial charge in [-0.25, -0.2) is 0 Å². The van der Waals surface area contributed by atoms with Crippen LogP contribution in [0.25, 0.3) is 0 Å². The maximum atomic E-state index is 12.5. The Morgan fingerprint density at radius 3 is 2.54 bits per heavy atom. The third-order valence-electron chi connectivity index (χ3n) is 7.69. The van der Waals surface area contributed by atoms with Crippen LogP contribution >= 0.6 is 0 Å². The van der Waals surface area contributed by atoms with E-state index in [0.29, 0.717) is 0 Å². The number of methoxy groups -OCH3 is 1. The van der Waals surface area contributed by atoms with Crippen LogP contribution in [0.15, 0.2) is 23.8 Å². The van der Waals surface area contributed by atoms with Crippen molar-refractivity contribution in [1.82, 2.24) is 0 Å². The summed E-state index contributed by atoms with van der Waals surface area (Å²) in [4.78, 5) is 12.5. The van der Waals surface area contributed by atoms with E-state index in [1.165, 1.54) is 18.3 Å². The fraction of sp³-hybridized carbons (Fsp3) is 0.762. The lowest BCUT2D eigenvalue weighted by Crippen LogP contribution is -2.53. The topological polar surface area (TPSA) is 46.5 Å². The number of carbonyl (C=O) groups excluding carboxylic acids is 1. The van der Waals surface area contributed by atoms with E-state index < -0.39 is 5.41 Å². The fourth-order valence-electron chi connectivity index (χ4n) is 5.81. The fourth-order valence-corrected chi connectivity index (χ4v) is 5.81. The van der Waals surface area contributed by atoms with Crippen molar-refractivity contribution in [1.29, 1.82) is 0 Å². The molecule has 3 aliphatic rings. The summed E-state index contributed by atoms with van der Waals surface area (Å²) in [6, 6.07) is 0. The molecule has 3 nitrogen and oxygen atoms in total. The minimum Gasteiger partial charge on any atom is -0.468 e. The van der Waals surface area contributed by atoms with Crippen LogP contribution in [-0.2, 0) is 9.53 Å². The first-order valence-electron chi connectivity index (χ1n) is 9.36. The molecule has 1 saturated carbocycles. The molecular formula is C21H32O3. The molecule has 0 heterocycles. The molecule has 0 aromatic carbocycles. The number of carbonyl (C=O) groups is 1. The highest BCUT2D eigenvalue weighted by Gasteiger charge is 2.56. The average molecular weight is 332 g/mol. The van der Waals surface area contributed by atoms with Crippen molar-refractivity contribution < 1.29 is 14.6 Å².